The number of carbonyl (C=O) groups excluding carboxylic acids is 1. The Labute approximate surface area is 59.2 Å². The highest BCUT2D eigenvalue weighted by molar-refractivity contribution is 5.87. The molecule has 1 aliphatic rings. The minimum Gasteiger partial charge on any atom is -0.273 e. The van der Waals surface area contributed by atoms with Crippen LogP contribution in [0.25, 0.3) is 0 Å². The Hall–Kier alpha value is -1.32. The first-order chi connectivity index (χ1) is 4.83. The molecule has 0 aromatic rings. The van der Waals surface area contributed by atoms with Gasteiger partial charge in [-0.3, -0.25) is 20.2 Å². The number of nitrogens with one attached hydrogen (secondary N) is 1. The molecule has 1 N–H and O–H groups in total. The molecule has 1 amide bonds. The van der Waals surface area contributed by atoms with Gasteiger partial charge < -0.3 is 0 Å². The molecule has 1 heterocycles. The molecular formula is C6H9N3O. The summed E-state index contributed by atoms with van der Waals surface area (Å²) in [6.45, 7) is 4.82. The predicted octanol–water partition coefficient (Wildman–Crippen LogP) is -0.453. The maximum absolute atomic E-state index is 10.6. The van der Waals surface area contributed by atoms with E-state index in [2.05, 4.69) is 17.0 Å². The third-order valence-corrected chi connectivity index (χ3v) is 1.13. The minimum absolute atomic E-state index is 0.201. The van der Waals surface area contributed by atoms with Crippen LogP contribution in [0.1, 0.15) is 0 Å². The molecular weight excluding hydrogens is 130 g/mol. The molecule has 0 aromatic carbocycles. The second kappa shape index (κ2) is 3.00. The molecule has 1 rings (SSSR count). The van der Waals surface area contributed by atoms with E-state index in [0.29, 0.717) is 0 Å². The third-order valence-electron chi connectivity index (χ3n) is 1.13. The molecule has 0 unspecified atom stereocenters. The van der Waals surface area contributed by atoms with Gasteiger partial charge in [0.2, 0.25) is 0 Å². The fourth-order valence-electron chi connectivity index (χ4n) is 0.651. The van der Waals surface area contributed by atoms with Gasteiger partial charge in [0, 0.05) is 0 Å². The molecule has 0 fully saturated rings. The molecule has 0 aromatic heterocycles. The van der Waals surface area contributed by atoms with E-state index in [4.69, 9.17) is 0 Å². The van der Waals surface area contributed by atoms with E-state index >= 15 is 0 Å². The molecule has 1 aliphatic heterocycles. The molecule has 0 spiro atoms. The van der Waals surface area contributed by atoms with Crippen molar-refractivity contribution in [3.05, 3.63) is 12.7 Å². The van der Waals surface area contributed by atoms with Crippen LogP contribution in [0.3, 0.4) is 0 Å². The highest BCUT2D eigenvalue weighted by Crippen LogP contribution is 1.87. The van der Waals surface area contributed by atoms with Gasteiger partial charge in [0.05, 0.1) is 13.1 Å². The van der Waals surface area contributed by atoms with Gasteiger partial charge in [-0.15, -0.1) is 0 Å². The lowest BCUT2D eigenvalue weighted by molar-refractivity contribution is -0.119. The predicted molar refractivity (Wildman–Crippen MR) is 38.4 cm³/mol. The zero-order valence-electron chi connectivity index (χ0n) is 5.58. The normalized spacial score (nSPS) is 15.4. The minimum atomic E-state index is -0.201. The summed E-state index contributed by atoms with van der Waals surface area (Å²) in [6, 6.07) is 0. The van der Waals surface area contributed by atoms with Gasteiger partial charge in [-0.1, -0.05) is 6.58 Å². The van der Waals surface area contributed by atoms with Gasteiger partial charge in [-0.05, 0) is 6.08 Å². The standard InChI is InChI=1S/C6H9N3O/c1-2-6(10)8-9-4-3-7-5-9/h2,5H,1,3-4H2,(H,8,10). The second-order valence-corrected chi connectivity index (χ2v) is 1.90. The fraction of sp³-hybridized carbons (Fsp3) is 0.333. The smallest absolute Gasteiger partial charge is 0.261 e. The zero-order chi connectivity index (χ0) is 7.40. The van der Waals surface area contributed by atoms with Gasteiger partial charge >= 0.3 is 0 Å². The van der Waals surface area contributed by atoms with Crippen molar-refractivity contribution in [1.29, 1.82) is 0 Å². The van der Waals surface area contributed by atoms with Crippen LogP contribution in [0, 0.1) is 0 Å². The van der Waals surface area contributed by atoms with Crippen molar-refractivity contribution in [2.24, 2.45) is 4.99 Å². The van der Waals surface area contributed by atoms with Gasteiger partial charge in [0.1, 0.15) is 6.34 Å². The summed E-state index contributed by atoms with van der Waals surface area (Å²) < 4.78 is 0. The largest absolute Gasteiger partial charge is 0.273 e. The number of hydrogen-bond donors (Lipinski definition) is 1. The van der Waals surface area contributed by atoms with Crippen LogP contribution < -0.4 is 5.43 Å². The van der Waals surface area contributed by atoms with Crippen LogP contribution >= 0.6 is 0 Å². The second-order valence-electron chi connectivity index (χ2n) is 1.90. The van der Waals surface area contributed by atoms with E-state index in [9.17, 15) is 4.79 Å². The lowest BCUT2D eigenvalue weighted by Gasteiger charge is -2.12. The molecule has 0 saturated heterocycles. The lowest BCUT2D eigenvalue weighted by Crippen LogP contribution is -2.38. The highest BCUT2D eigenvalue weighted by atomic mass is 16.2. The summed E-state index contributed by atoms with van der Waals surface area (Å²) in [5.41, 5.74) is 2.56. The van der Waals surface area contributed by atoms with E-state index in [1.54, 1.807) is 11.3 Å². The fourth-order valence-corrected chi connectivity index (χ4v) is 0.651. The van der Waals surface area contributed by atoms with Crippen molar-refractivity contribution < 1.29 is 4.79 Å². The highest BCUT2D eigenvalue weighted by Gasteiger charge is 2.05. The quantitative estimate of drug-likeness (QED) is 0.526. The SMILES string of the molecule is C=CC(=O)NN1C=NCC1. The van der Waals surface area contributed by atoms with Crippen LogP contribution in [0.4, 0.5) is 0 Å². The molecule has 0 atom stereocenters. The maximum atomic E-state index is 10.6. The molecule has 0 bridgehead atoms. The number of rotatable bonds is 2. The van der Waals surface area contributed by atoms with Crippen molar-refractivity contribution in [1.82, 2.24) is 10.4 Å². The van der Waals surface area contributed by atoms with Gasteiger partial charge in [-0.25, -0.2) is 0 Å². The Morgan fingerprint density at radius 3 is 3.20 bits per heavy atom. The third kappa shape index (κ3) is 1.58. The Bertz CT molecular complexity index is 176. The summed E-state index contributed by atoms with van der Waals surface area (Å²) in [5, 5.41) is 1.63. The molecule has 10 heavy (non-hydrogen) atoms. The van der Waals surface area contributed by atoms with Crippen LogP contribution in [0.2, 0.25) is 0 Å². The van der Waals surface area contributed by atoms with Crippen molar-refractivity contribution in [2.45, 2.75) is 0 Å². The summed E-state index contributed by atoms with van der Waals surface area (Å²) in [5.74, 6) is -0.201. The molecule has 0 aliphatic carbocycles. The van der Waals surface area contributed by atoms with Gasteiger partial charge in [0.15, 0.2) is 0 Å². The number of hydrogen-bond acceptors (Lipinski definition) is 3. The zero-order valence-corrected chi connectivity index (χ0v) is 5.58. The Kier molecular flexibility index (Phi) is 2.04. The Morgan fingerprint density at radius 2 is 2.70 bits per heavy atom. The molecule has 0 saturated carbocycles. The first kappa shape index (κ1) is 6.80. The number of nitrogens with zero attached hydrogens (tertiary/aromatic N) is 2. The Morgan fingerprint density at radius 1 is 1.90 bits per heavy atom. The van der Waals surface area contributed by atoms with E-state index in [1.807, 2.05) is 0 Å². The average molecular weight is 139 g/mol. The van der Waals surface area contributed by atoms with E-state index in [1.165, 1.54) is 6.08 Å². The maximum Gasteiger partial charge on any atom is 0.261 e. The average Bonchev–Trinajstić information content (AvgIpc) is 2.40. The van der Waals surface area contributed by atoms with E-state index in [-0.39, 0.29) is 5.91 Å². The number of amides is 1. The first-order valence-electron chi connectivity index (χ1n) is 3.02. The summed E-state index contributed by atoms with van der Waals surface area (Å²) >= 11 is 0. The summed E-state index contributed by atoms with van der Waals surface area (Å²) in [4.78, 5) is 14.5. The first-order valence-corrected chi connectivity index (χ1v) is 3.02. The molecule has 4 heteroatoms. The number of aliphatic imine (C=N–C) groups is 1. The Balaban J connectivity index is 2.31. The van der Waals surface area contributed by atoms with Crippen LogP contribution in [-0.2, 0) is 4.79 Å². The number of hydrazine groups is 1. The van der Waals surface area contributed by atoms with Gasteiger partial charge in [-0.2, -0.15) is 0 Å². The van der Waals surface area contributed by atoms with Crippen molar-refractivity contribution in [3.8, 4) is 0 Å². The lowest BCUT2D eigenvalue weighted by atomic mass is 10.6. The van der Waals surface area contributed by atoms with Crippen LogP contribution in [0.15, 0.2) is 17.6 Å². The van der Waals surface area contributed by atoms with E-state index < -0.39 is 0 Å². The van der Waals surface area contributed by atoms with Crippen molar-refractivity contribution in [3.63, 3.8) is 0 Å². The van der Waals surface area contributed by atoms with Crippen LogP contribution in [-0.4, -0.2) is 30.3 Å². The number of carbonyl (C=O) groups is 1. The summed E-state index contributed by atoms with van der Waals surface area (Å²) in [6.07, 6.45) is 2.83. The molecule has 4 nitrogen and oxygen atoms in total. The van der Waals surface area contributed by atoms with Crippen LogP contribution in [0.5, 0.6) is 0 Å². The topological polar surface area (TPSA) is 44.7 Å². The molecule has 0 radical (unpaired) electrons. The molecule has 54 valence electrons. The van der Waals surface area contributed by atoms with Crippen molar-refractivity contribution >= 4 is 12.2 Å². The van der Waals surface area contributed by atoms with Crippen molar-refractivity contribution in [2.75, 3.05) is 13.1 Å². The van der Waals surface area contributed by atoms with Gasteiger partial charge in [0.25, 0.3) is 5.91 Å². The summed E-state index contributed by atoms with van der Waals surface area (Å²) in [7, 11) is 0. The monoisotopic (exact) mass is 139 g/mol. The van der Waals surface area contributed by atoms with E-state index in [0.717, 1.165) is 13.1 Å².